The second kappa shape index (κ2) is 10.3. The van der Waals surface area contributed by atoms with Crippen molar-refractivity contribution in [3.05, 3.63) is 45.3 Å². The Morgan fingerprint density at radius 2 is 1.93 bits per heavy atom. The normalized spacial score (nSPS) is 13.8. The van der Waals surface area contributed by atoms with Gasteiger partial charge in [-0.15, -0.1) is 11.3 Å². The Labute approximate surface area is 186 Å². The summed E-state index contributed by atoms with van der Waals surface area (Å²) in [4.78, 5) is 31.1. The van der Waals surface area contributed by atoms with Crippen molar-refractivity contribution >= 4 is 45.6 Å². The fourth-order valence-electron chi connectivity index (χ4n) is 3.33. The average molecular weight is 450 g/mol. The van der Waals surface area contributed by atoms with Crippen LogP contribution in [0.2, 0.25) is 5.02 Å². The predicted octanol–water partition coefficient (Wildman–Crippen LogP) is 3.71. The van der Waals surface area contributed by atoms with E-state index in [0.717, 1.165) is 43.0 Å². The summed E-state index contributed by atoms with van der Waals surface area (Å²) in [5, 5.41) is 9.86. The number of amides is 3. The van der Waals surface area contributed by atoms with Gasteiger partial charge in [-0.2, -0.15) is 0 Å². The van der Waals surface area contributed by atoms with E-state index in [1.54, 1.807) is 24.3 Å². The monoisotopic (exact) mass is 449 g/mol. The number of halogens is 1. The minimum Gasteiger partial charge on any atom is -0.351 e. The number of anilines is 2. The minimum atomic E-state index is -0.384. The molecule has 1 aliphatic rings. The maximum atomic E-state index is 13.0. The summed E-state index contributed by atoms with van der Waals surface area (Å²) in [7, 11) is 3.93. The van der Waals surface area contributed by atoms with Crippen LogP contribution >= 0.6 is 22.9 Å². The first-order chi connectivity index (χ1) is 14.4. The Kier molecular flexibility index (Phi) is 7.71. The van der Waals surface area contributed by atoms with Gasteiger partial charge in [0, 0.05) is 41.8 Å². The van der Waals surface area contributed by atoms with Crippen molar-refractivity contribution in [3.63, 3.8) is 0 Å². The number of fused-ring (bicyclic) bond motifs is 1. The van der Waals surface area contributed by atoms with E-state index in [1.807, 2.05) is 19.0 Å². The van der Waals surface area contributed by atoms with Crippen molar-refractivity contribution in [2.75, 3.05) is 50.9 Å². The highest BCUT2D eigenvalue weighted by Gasteiger charge is 2.28. The Bertz CT molecular complexity index is 898. The third-order valence-corrected chi connectivity index (χ3v) is 6.37. The molecule has 0 spiro atoms. The maximum Gasteiger partial charge on any atom is 0.324 e. The number of carbonyl (C=O) groups excluding carboxylic acids is 2. The number of likely N-dealkylation sites (N-methyl/N-ethyl adjacent to an activating group) is 2. The molecule has 1 aliphatic heterocycles. The summed E-state index contributed by atoms with van der Waals surface area (Å²) in [5.41, 5.74) is 2.27. The third kappa shape index (κ3) is 5.72. The first kappa shape index (κ1) is 22.6. The van der Waals surface area contributed by atoms with Gasteiger partial charge in [-0.3, -0.25) is 15.0 Å². The van der Waals surface area contributed by atoms with E-state index in [4.69, 9.17) is 11.6 Å². The smallest absolute Gasteiger partial charge is 0.324 e. The highest BCUT2D eigenvalue weighted by atomic mass is 35.5. The second-order valence-corrected chi connectivity index (χ2v) is 9.01. The fraction of sp³-hybridized carbons (Fsp3) is 0.429. The first-order valence-corrected chi connectivity index (χ1v) is 11.2. The van der Waals surface area contributed by atoms with Gasteiger partial charge < -0.3 is 15.5 Å². The molecule has 0 radical (unpaired) electrons. The number of nitrogens with one attached hydrogen (secondary N) is 3. The van der Waals surface area contributed by atoms with Crippen molar-refractivity contribution in [3.8, 4) is 0 Å². The molecule has 0 saturated heterocycles. The molecular weight excluding hydrogens is 422 g/mol. The zero-order valence-electron chi connectivity index (χ0n) is 17.5. The van der Waals surface area contributed by atoms with Gasteiger partial charge in [0.25, 0.3) is 5.91 Å². The van der Waals surface area contributed by atoms with Crippen LogP contribution in [0, 0.1) is 0 Å². The largest absolute Gasteiger partial charge is 0.351 e. The molecule has 162 valence electrons. The summed E-state index contributed by atoms with van der Waals surface area (Å²) < 4.78 is 0. The summed E-state index contributed by atoms with van der Waals surface area (Å²) in [5.74, 6) is -0.138. The van der Waals surface area contributed by atoms with E-state index < -0.39 is 0 Å². The molecule has 0 aliphatic carbocycles. The number of carbonyl (C=O) groups is 2. The number of nitrogens with zero attached hydrogens (tertiary/aromatic N) is 2. The van der Waals surface area contributed by atoms with E-state index in [0.29, 0.717) is 27.8 Å². The minimum absolute atomic E-state index is 0.138. The molecule has 0 saturated carbocycles. The fourth-order valence-corrected chi connectivity index (χ4v) is 4.74. The summed E-state index contributed by atoms with van der Waals surface area (Å²) in [6, 6.07) is 6.50. The van der Waals surface area contributed by atoms with Crippen LogP contribution in [0.25, 0.3) is 0 Å². The lowest BCUT2D eigenvalue weighted by atomic mass is 10.0. The molecule has 0 unspecified atom stereocenters. The van der Waals surface area contributed by atoms with E-state index >= 15 is 0 Å². The van der Waals surface area contributed by atoms with Crippen LogP contribution < -0.4 is 16.0 Å². The van der Waals surface area contributed by atoms with Crippen LogP contribution in [0.15, 0.2) is 24.3 Å². The van der Waals surface area contributed by atoms with Gasteiger partial charge in [0.15, 0.2) is 0 Å². The first-order valence-electron chi connectivity index (χ1n) is 10.0. The SMILES string of the molecule is CCN1CCc2c(sc(NC(=O)Nc3ccc(Cl)cc3)c2C(=O)NCCN(C)C)C1. The highest BCUT2D eigenvalue weighted by Crippen LogP contribution is 2.37. The van der Waals surface area contributed by atoms with Crippen LogP contribution in [0.4, 0.5) is 15.5 Å². The number of thiophene rings is 1. The van der Waals surface area contributed by atoms with Crippen molar-refractivity contribution in [1.29, 1.82) is 0 Å². The lowest BCUT2D eigenvalue weighted by Crippen LogP contribution is -2.34. The molecular formula is C21H28ClN5O2S. The van der Waals surface area contributed by atoms with Gasteiger partial charge in [-0.05, 0) is 56.9 Å². The van der Waals surface area contributed by atoms with Crippen LogP contribution in [0.3, 0.4) is 0 Å². The second-order valence-electron chi connectivity index (χ2n) is 7.47. The van der Waals surface area contributed by atoms with E-state index in [-0.39, 0.29) is 11.9 Å². The summed E-state index contributed by atoms with van der Waals surface area (Å²) in [6.07, 6.45) is 0.802. The van der Waals surface area contributed by atoms with E-state index in [1.165, 1.54) is 11.3 Å². The maximum absolute atomic E-state index is 13.0. The zero-order chi connectivity index (χ0) is 21.7. The van der Waals surface area contributed by atoms with E-state index in [9.17, 15) is 9.59 Å². The summed E-state index contributed by atoms with van der Waals surface area (Å²) >= 11 is 7.38. The molecule has 0 atom stereocenters. The zero-order valence-corrected chi connectivity index (χ0v) is 19.1. The van der Waals surface area contributed by atoms with Crippen LogP contribution in [-0.4, -0.2) is 62.0 Å². The van der Waals surface area contributed by atoms with Crippen molar-refractivity contribution in [1.82, 2.24) is 15.1 Å². The molecule has 7 nitrogen and oxygen atoms in total. The predicted molar refractivity (Wildman–Crippen MR) is 124 cm³/mol. The van der Waals surface area contributed by atoms with Crippen LogP contribution in [0.5, 0.6) is 0 Å². The Balaban J connectivity index is 1.79. The van der Waals surface area contributed by atoms with Crippen molar-refractivity contribution in [2.24, 2.45) is 0 Å². The number of hydrogen-bond donors (Lipinski definition) is 3. The third-order valence-electron chi connectivity index (χ3n) is 4.98. The number of urea groups is 1. The average Bonchev–Trinajstić information content (AvgIpc) is 3.06. The molecule has 1 aromatic heterocycles. The van der Waals surface area contributed by atoms with Gasteiger partial charge in [0.1, 0.15) is 5.00 Å². The number of benzene rings is 1. The molecule has 2 heterocycles. The quantitative estimate of drug-likeness (QED) is 0.602. The number of hydrogen-bond acceptors (Lipinski definition) is 5. The molecule has 9 heteroatoms. The molecule has 30 heavy (non-hydrogen) atoms. The molecule has 1 aromatic carbocycles. The summed E-state index contributed by atoms with van der Waals surface area (Å²) in [6.45, 7) is 6.10. The van der Waals surface area contributed by atoms with Crippen LogP contribution in [0.1, 0.15) is 27.7 Å². The molecule has 3 rings (SSSR count). The lowest BCUT2D eigenvalue weighted by Gasteiger charge is -2.25. The van der Waals surface area contributed by atoms with Gasteiger partial charge in [0.05, 0.1) is 5.56 Å². The highest BCUT2D eigenvalue weighted by molar-refractivity contribution is 7.17. The Hall–Kier alpha value is -2.13. The topological polar surface area (TPSA) is 76.7 Å². The van der Waals surface area contributed by atoms with Gasteiger partial charge in [0.2, 0.25) is 0 Å². The Morgan fingerprint density at radius 1 is 1.20 bits per heavy atom. The van der Waals surface area contributed by atoms with E-state index in [2.05, 4.69) is 27.8 Å². The molecule has 0 bridgehead atoms. The molecule has 3 N–H and O–H groups in total. The lowest BCUT2D eigenvalue weighted by molar-refractivity contribution is 0.0950. The molecule has 2 aromatic rings. The molecule has 3 amide bonds. The molecule has 0 fully saturated rings. The standard InChI is InChI=1S/C21H28ClN5O2S/c1-4-27-11-9-16-17(13-27)30-20(18(16)19(28)23-10-12-26(2)3)25-21(29)24-15-7-5-14(22)6-8-15/h5-8H,4,9-13H2,1-3H3,(H,23,28)(H2,24,25,29). The van der Waals surface area contributed by atoms with Crippen molar-refractivity contribution < 1.29 is 9.59 Å². The number of rotatable bonds is 7. The van der Waals surface area contributed by atoms with Gasteiger partial charge in [-0.25, -0.2) is 4.79 Å². The van der Waals surface area contributed by atoms with Gasteiger partial charge >= 0.3 is 6.03 Å². The Morgan fingerprint density at radius 3 is 2.60 bits per heavy atom. The van der Waals surface area contributed by atoms with Gasteiger partial charge in [-0.1, -0.05) is 18.5 Å². The van der Waals surface area contributed by atoms with Crippen LogP contribution in [-0.2, 0) is 13.0 Å². The van der Waals surface area contributed by atoms with Crippen molar-refractivity contribution in [2.45, 2.75) is 19.9 Å².